The quantitative estimate of drug-likeness (QED) is 0.507. The third kappa shape index (κ3) is 6.26. The first-order valence-corrected chi connectivity index (χ1v) is 14.0. The minimum atomic E-state index is -3.17. The number of nitrogens with zero attached hydrogens (tertiary/aromatic N) is 1. The molecule has 0 bridgehead atoms. The maximum Gasteiger partial charge on any atom is 0.410 e. The zero-order chi connectivity index (χ0) is 25.3. The molecule has 1 spiro atoms. The second-order valence-corrected chi connectivity index (χ2v) is 12.7. The molecule has 0 N–H and O–H groups in total. The van der Waals surface area contributed by atoms with Crippen LogP contribution in [0.5, 0.6) is 5.75 Å². The van der Waals surface area contributed by atoms with Gasteiger partial charge in [-0.05, 0) is 68.0 Å². The predicted octanol–water partition coefficient (Wildman–Crippen LogP) is 5.55. The van der Waals surface area contributed by atoms with Gasteiger partial charge in [0.1, 0.15) is 17.0 Å². The maximum atomic E-state index is 12.4. The largest absolute Gasteiger partial charge is 0.487 e. The lowest BCUT2D eigenvalue weighted by Gasteiger charge is -2.44. The summed E-state index contributed by atoms with van der Waals surface area (Å²) in [5.74, 6) is 0.920. The maximum absolute atomic E-state index is 12.4. The summed E-state index contributed by atoms with van der Waals surface area (Å²) in [6, 6.07) is 13.9. The van der Waals surface area contributed by atoms with Crippen molar-refractivity contribution in [2.24, 2.45) is 0 Å². The highest BCUT2D eigenvalue weighted by atomic mass is 32.2. The number of piperidine rings is 1. The van der Waals surface area contributed by atoms with E-state index in [1.807, 2.05) is 51.1 Å². The van der Waals surface area contributed by atoms with Gasteiger partial charge in [-0.2, -0.15) is 0 Å². The third-order valence-corrected chi connectivity index (χ3v) is 8.13. The molecule has 0 atom stereocenters. The van der Waals surface area contributed by atoms with Crippen LogP contribution in [-0.2, 0) is 26.7 Å². The number of hydrogen-bond donors (Lipinski definition) is 0. The molecule has 0 saturated carbocycles. The van der Waals surface area contributed by atoms with E-state index in [1.54, 1.807) is 4.90 Å². The molecule has 2 aliphatic rings. The molecule has 6 nitrogen and oxygen atoms in total. The van der Waals surface area contributed by atoms with E-state index in [2.05, 4.69) is 18.7 Å². The highest BCUT2D eigenvalue weighted by Crippen LogP contribution is 2.41. The van der Waals surface area contributed by atoms with E-state index in [4.69, 9.17) is 9.47 Å². The summed E-state index contributed by atoms with van der Waals surface area (Å²) in [6.45, 7) is 10.4. The number of fused-ring (bicyclic) bond motifs is 1. The molecule has 2 aliphatic heterocycles. The van der Waals surface area contributed by atoms with Crippen LogP contribution < -0.4 is 4.74 Å². The number of carbonyl (C=O) groups excluding carboxylic acids is 1. The summed E-state index contributed by atoms with van der Waals surface area (Å²) in [6.07, 6.45) is 4.61. The van der Waals surface area contributed by atoms with E-state index < -0.39 is 15.4 Å². The normalized spacial score (nSPS) is 17.4. The Bertz CT molecular complexity index is 1190. The number of ether oxygens (including phenoxy) is 2. The van der Waals surface area contributed by atoms with Crippen molar-refractivity contribution in [3.8, 4) is 16.9 Å². The van der Waals surface area contributed by atoms with Crippen LogP contribution in [0.4, 0.5) is 4.79 Å². The molecule has 1 saturated heterocycles. The fourth-order valence-electron chi connectivity index (χ4n) is 4.76. The van der Waals surface area contributed by atoms with E-state index in [9.17, 15) is 13.2 Å². The predicted molar refractivity (Wildman–Crippen MR) is 138 cm³/mol. The SMILES string of the molecule is C=CCS(=O)(=O)Cc1ccc(-c2ccc3c(c2)CCC2(CCN(C(=O)OC(C)(C)C)CC2)O3)cc1. The minimum Gasteiger partial charge on any atom is -0.487 e. The Morgan fingerprint density at radius 2 is 1.74 bits per heavy atom. The van der Waals surface area contributed by atoms with Crippen LogP contribution >= 0.6 is 0 Å². The summed E-state index contributed by atoms with van der Waals surface area (Å²) < 4.78 is 36.1. The van der Waals surface area contributed by atoms with Gasteiger partial charge in [0.2, 0.25) is 0 Å². The smallest absolute Gasteiger partial charge is 0.410 e. The number of aryl methyl sites for hydroxylation is 1. The number of likely N-dealkylation sites (tertiary alicyclic amines) is 1. The number of sulfone groups is 1. The fraction of sp³-hybridized carbons (Fsp3) is 0.464. The first-order chi connectivity index (χ1) is 16.5. The Balaban J connectivity index is 1.40. The molecule has 35 heavy (non-hydrogen) atoms. The molecule has 188 valence electrons. The number of benzene rings is 2. The average Bonchev–Trinajstić information content (AvgIpc) is 2.78. The van der Waals surface area contributed by atoms with Gasteiger partial charge >= 0.3 is 6.09 Å². The highest BCUT2D eigenvalue weighted by Gasteiger charge is 2.41. The van der Waals surface area contributed by atoms with Gasteiger partial charge in [-0.15, -0.1) is 6.58 Å². The van der Waals surface area contributed by atoms with Gasteiger partial charge in [0.25, 0.3) is 0 Å². The van der Waals surface area contributed by atoms with Crippen molar-refractivity contribution in [1.29, 1.82) is 0 Å². The molecule has 4 rings (SSSR count). The molecule has 2 aromatic carbocycles. The molecule has 0 aliphatic carbocycles. The van der Waals surface area contributed by atoms with Gasteiger partial charge in [0, 0.05) is 25.9 Å². The Kier molecular flexibility index (Phi) is 7.00. The van der Waals surface area contributed by atoms with Crippen molar-refractivity contribution in [2.75, 3.05) is 18.8 Å². The molecule has 1 amide bonds. The Morgan fingerprint density at radius 3 is 2.37 bits per heavy atom. The fourth-order valence-corrected chi connectivity index (χ4v) is 5.94. The molecule has 2 aromatic rings. The molecular weight excluding hydrogens is 462 g/mol. The molecule has 0 radical (unpaired) electrons. The van der Waals surface area contributed by atoms with Crippen molar-refractivity contribution in [3.63, 3.8) is 0 Å². The summed E-state index contributed by atoms with van der Waals surface area (Å²) in [7, 11) is -3.17. The van der Waals surface area contributed by atoms with Crippen LogP contribution in [0.2, 0.25) is 0 Å². The van der Waals surface area contributed by atoms with Crippen LogP contribution in [0.3, 0.4) is 0 Å². The molecular formula is C28H35NO5S. The van der Waals surface area contributed by atoms with Crippen LogP contribution in [0.15, 0.2) is 55.1 Å². The minimum absolute atomic E-state index is 0.0138. The zero-order valence-corrected chi connectivity index (χ0v) is 21.7. The zero-order valence-electron chi connectivity index (χ0n) is 20.9. The van der Waals surface area contributed by atoms with E-state index in [0.717, 1.165) is 48.1 Å². The lowest BCUT2D eigenvalue weighted by molar-refractivity contribution is -0.0272. The number of rotatable bonds is 5. The van der Waals surface area contributed by atoms with E-state index >= 15 is 0 Å². The third-order valence-electron chi connectivity index (χ3n) is 6.61. The Hall–Kier alpha value is -2.80. The molecule has 7 heteroatoms. The van der Waals surface area contributed by atoms with E-state index in [1.165, 1.54) is 11.6 Å². The molecule has 1 fully saturated rings. The molecule has 0 aromatic heterocycles. The van der Waals surface area contributed by atoms with Gasteiger partial charge in [0.15, 0.2) is 9.84 Å². The van der Waals surface area contributed by atoms with Gasteiger partial charge in [-0.1, -0.05) is 36.4 Å². The second-order valence-electron chi connectivity index (χ2n) is 10.6. The highest BCUT2D eigenvalue weighted by molar-refractivity contribution is 7.90. The first kappa shape index (κ1) is 25.3. The van der Waals surface area contributed by atoms with Crippen LogP contribution in [0.25, 0.3) is 11.1 Å². The average molecular weight is 498 g/mol. The van der Waals surface area contributed by atoms with E-state index in [-0.39, 0.29) is 23.2 Å². The van der Waals surface area contributed by atoms with Crippen molar-refractivity contribution in [3.05, 3.63) is 66.2 Å². The summed E-state index contributed by atoms with van der Waals surface area (Å²) in [5.41, 5.74) is 3.36. The number of hydrogen-bond acceptors (Lipinski definition) is 5. The van der Waals surface area contributed by atoms with Gasteiger partial charge in [-0.3, -0.25) is 0 Å². The van der Waals surface area contributed by atoms with Crippen molar-refractivity contribution in [2.45, 2.75) is 63.4 Å². The van der Waals surface area contributed by atoms with Crippen LogP contribution in [0.1, 0.15) is 51.2 Å². The van der Waals surface area contributed by atoms with Crippen LogP contribution in [-0.4, -0.2) is 49.5 Å². The standard InChI is InChI=1S/C28H35NO5S/c1-5-18-35(31,32)20-21-6-8-22(9-7-21)23-10-11-25-24(19-23)12-13-28(33-25)14-16-29(17-15-28)26(30)34-27(2,3)4/h5-11,19H,1,12-18,20H2,2-4H3. The second kappa shape index (κ2) is 9.69. The molecule has 2 heterocycles. The van der Waals surface area contributed by atoms with E-state index in [0.29, 0.717) is 13.1 Å². The first-order valence-electron chi connectivity index (χ1n) is 12.2. The lowest BCUT2D eigenvalue weighted by atomic mass is 9.82. The summed E-state index contributed by atoms with van der Waals surface area (Å²) in [5, 5.41) is 0. The topological polar surface area (TPSA) is 72.9 Å². The van der Waals surface area contributed by atoms with Gasteiger partial charge in [-0.25, -0.2) is 13.2 Å². The van der Waals surface area contributed by atoms with Gasteiger partial charge in [0.05, 0.1) is 11.5 Å². The van der Waals surface area contributed by atoms with Crippen molar-refractivity contribution >= 4 is 15.9 Å². The summed E-state index contributed by atoms with van der Waals surface area (Å²) >= 11 is 0. The van der Waals surface area contributed by atoms with Crippen LogP contribution in [0, 0.1) is 0 Å². The summed E-state index contributed by atoms with van der Waals surface area (Å²) in [4.78, 5) is 14.2. The van der Waals surface area contributed by atoms with Crippen molar-refractivity contribution < 1.29 is 22.7 Å². The number of amides is 1. The Labute approximate surface area is 208 Å². The monoisotopic (exact) mass is 497 g/mol. The molecule has 0 unspecified atom stereocenters. The Morgan fingerprint density at radius 1 is 1.09 bits per heavy atom. The lowest BCUT2D eigenvalue weighted by Crippen LogP contribution is -2.52. The number of carbonyl (C=O) groups is 1. The van der Waals surface area contributed by atoms with Crippen molar-refractivity contribution in [1.82, 2.24) is 4.90 Å². The van der Waals surface area contributed by atoms with Gasteiger partial charge < -0.3 is 14.4 Å².